The number of imide groups is 1. The van der Waals surface area contributed by atoms with Crippen molar-refractivity contribution in [1.29, 1.82) is 0 Å². The summed E-state index contributed by atoms with van der Waals surface area (Å²) in [6.07, 6.45) is 5.48. The number of hydrogen-bond donors (Lipinski definition) is 2. The van der Waals surface area contributed by atoms with E-state index in [1.54, 1.807) is 30.5 Å². The Kier molecular flexibility index (Phi) is 5.43. The molecular formula is C20H16BrN3O3. The number of aliphatic imine (C=N–C) groups is 1. The van der Waals surface area contributed by atoms with E-state index in [9.17, 15) is 9.59 Å². The van der Waals surface area contributed by atoms with Crippen LogP contribution >= 0.6 is 0 Å². The first-order valence-corrected chi connectivity index (χ1v) is 8.23. The van der Waals surface area contributed by atoms with Gasteiger partial charge in [-0.05, 0) is 18.2 Å². The number of pyridine rings is 1. The Labute approximate surface area is 165 Å². The molecule has 2 heterocycles. The van der Waals surface area contributed by atoms with E-state index in [0.717, 1.165) is 10.9 Å². The van der Waals surface area contributed by atoms with Crippen molar-refractivity contribution in [2.75, 3.05) is 6.61 Å². The number of hydrogen-bond acceptors (Lipinski definition) is 4. The van der Waals surface area contributed by atoms with E-state index in [4.69, 9.17) is 5.11 Å². The van der Waals surface area contributed by atoms with Crippen molar-refractivity contribution >= 4 is 34.5 Å². The highest BCUT2D eigenvalue weighted by atomic mass is 79.9. The van der Waals surface area contributed by atoms with Crippen LogP contribution < -0.4 is 26.9 Å². The molecule has 6 nitrogen and oxygen atoms in total. The van der Waals surface area contributed by atoms with E-state index in [1.165, 1.54) is 0 Å². The van der Waals surface area contributed by atoms with Gasteiger partial charge >= 0.3 is 0 Å². The molecule has 3 aromatic rings. The van der Waals surface area contributed by atoms with Gasteiger partial charge in [0.2, 0.25) is 0 Å². The van der Waals surface area contributed by atoms with Crippen molar-refractivity contribution in [2.45, 2.75) is 6.54 Å². The molecule has 0 atom stereocenters. The SMILES string of the molecule is O=C1NC(=O)c2ccc(/N=C/c3cc[n+](CCO)cc3)c3cccc1c23.[Br-]. The van der Waals surface area contributed by atoms with Gasteiger partial charge in [-0.3, -0.25) is 19.9 Å². The third-order valence-corrected chi connectivity index (χ3v) is 4.36. The number of aliphatic hydroxyl groups is 1. The maximum Gasteiger partial charge on any atom is 0.258 e. The molecule has 0 aliphatic carbocycles. The first kappa shape index (κ1) is 18.9. The molecule has 2 aromatic carbocycles. The Morgan fingerprint density at radius 3 is 2.41 bits per heavy atom. The van der Waals surface area contributed by atoms with Gasteiger partial charge in [0, 0.05) is 45.8 Å². The molecule has 4 rings (SSSR count). The maximum atomic E-state index is 12.1. The normalized spacial score (nSPS) is 12.9. The van der Waals surface area contributed by atoms with Gasteiger partial charge < -0.3 is 22.1 Å². The number of amides is 2. The average molecular weight is 426 g/mol. The van der Waals surface area contributed by atoms with E-state index < -0.39 is 0 Å². The van der Waals surface area contributed by atoms with E-state index in [1.807, 2.05) is 35.2 Å². The second kappa shape index (κ2) is 7.77. The number of carbonyl (C=O) groups is 2. The molecule has 136 valence electrons. The summed E-state index contributed by atoms with van der Waals surface area (Å²) in [7, 11) is 0. The van der Waals surface area contributed by atoms with E-state index in [2.05, 4.69) is 10.3 Å². The fourth-order valence-electron chi connectivity index (χ4n) is 3.08. The van der Waals surface area contributed by atoms with Crippen molar-refractivity contribution in [3.8, 4) is 0 Å². The van der Waals surface area contributed by atoms with Crippen LogP contribution in [0, 0.1) is 0 Å². The highest BCUT2D eigenvalue weighted by Crippen LogP contribution is 2.33. The van der Waals surface area contributed by atoms with Gasteiger partial charge in [0.15, 0.2) is 18.9 Å². The zero-order valence-electron chi connectivity index (χ0n) is 14.2. The first-order chi connectivity index (χ1) is 12.7. The summed E-state index contributed by atoms with van der Waals surface area (Å²) in [4.78, 5) is 28.7. The molecule has 0 unspecified atom stereocenters. The van der Waals surface area contributed by atoms with Crippen LogP contribution in [-0.4, -0.2) is 29.7 Å². The molecule has 7 heteroatoms. The third-order valence-electron chi connectivity index (χ3n) is 4.36. The topological polar surface area (TPSA) is 82.6 Å². The number of carbonyl (C=O) groups excluding carboxylic acids is 2. The van der Waals surface area contributed by atoms with Crippen molar-refractivity contribution in [1.82, 2.24) is 5.32 Å². The zero-order chi connectivity index (χ0) is 18.1. The molecule has 0 spiro atoms. The average Bonchev–Trinajstić information content (AvgIpc) is 2.66. The summed E-state index contributed by atoms with van der Waals surface area (Å²) in [5.41, 5.74) is 2.58. The summed E-state index contributed by atoms with van der Waals surface area (Å²) in [6, 6.07) is 12.6. The number of benzene rings is 2. The van der Waals surface area contributed by atoms with Crippen LogP contribution in [0.2, 0.25) is 0 Å². The number of aliphatic hydroxyl groups excluding tert-OH is 1. The van der Waals surface area contributed by atoms with Crippen molar-refractivity contribution in [3.05, 3.63) is 71.5 Å². The molecule has 0 radical (unpaired) electrons. The predicted octanol–water partition coefficient (Wildman–Crippen LogP) is -1.24. The zero-order valence-corrected chi connectivity index (χ0v) is 15.8. The second-order valence-corrected chi connectivity index (χ2v) is 5.99. The van der Waals surface area contributed by atoms with E-state index >= 15 is 0 Å². The molecule has 0 saturated heterocycles. The van der Waals surface area contributed by atoms with Crippen molar-refractivity contribution in [3.63, 3.8) is 0 Å². The molecular weight excluding hydrogens is 410 g/mol. The summed E-state index contributed by atoms with van der Waals surface area (Å²) in [6.45, 7) is 0.632. The minimum atomic E-state index is -0.384. The summed E-state index contributed by atoms with van der Waals surface area (Å²) in [5.74, 6) is -0.767. The van der Waals surface area contributed by atoms with E-state index in [0.29, 0.717) is 28.7 Å². The lowest BCUT2D eigenvalue weighted by Gasteiger charge is -2.17. The van der Waals surface area contributed by atoms with Crippen LogP contribution in [0.5, 0.6) is 0 Å². The molecule has 2 amide bonds. The van der Waals surface area contributed by atoms with Crippen LogP contribution in [0.15, 0.2) is 59.9 Å². The van der Waals surface area contributed by atoms with Gasteiger partial charge in [-0.2, -0.15) is 0 Å². The number of aromatic nitrogens is 1. The monoisotopic (exact) mass is 425 g/mol. The molecule has 1 aliphatic heterocycles. The molecule has 1 aromatic heterocycles. The highest BCUT2D eigenvalue weighted by molar-refractivity contribution is 6.26. The molecule has 0 bridgehead atoms. The van der Waals surface area contributed by atoms with Gasteiger partial charge in [-0.1, -0.05) is 12.1 Å². The smallest absolute Gasteiger partial charge is 0.258 e. The molecule has 2 N–H and O–H groups in total. The predicted molar refractivity (Wildman–Crippen MR) is 96.7 cm³/mol. The highest BCUT2D eigenvalue weighted by Gasteiger charge is 2.25. The van der Waals surface area contributed by atoms with Gasteiger partial charge in [0.25, 0.3) is 11.8 Å². The van der Waals surface area contributed by atoms with Crippen LogP contribution in [0.25, 0.3) is 10.8 Å². The Morgan fingerprint density at radius 2 is 1.70 bits per heavy atom. The standard InChI is InChI=1S/C20H15N3O3.BrH/c24-11-10-23-8-6-13(7-9-23)12-21-17-5-4-16-18-14(17)2-1-3-15(18)19(25)22-20(16)26;/h1-9,12,24H,10-11H2;1H/b21-12+;. The van der Waals surface area contributed by atoms with Crippen LogP contribution in [0.3, 0.4) is 0 Å². The molecule has 1 aliphatic rings. The fraction of sp³-hybridized carbons (Fsp3) is 0.100. The summed E-state index contributed by atoms with van der Waals surface area (Å²) in [5, 5.41) is 12.7. The first-order valence-electron chi connectivity index (χ1n) is 8.23. The summed E-state index contributed by atoms with van der Waals surface area (Å²) >= 11 is 0. The fourth-order valence-corrected chi connectivity index (χ4v) is 3.08. The Hall–Kier alpha value is -2.90. The van der Waals surface area contributed by atoms with E-state index in [-0.39, 0.29) is 35.4 Å². The third kappa shape index (κ3) is 3.51. The maximum absolute atomic E-state index is 12.1. The lowest BCUT2D eigenvalue weighted by atomic mass is 9.94. The number of nitrogens with one attached hydrogen (secondary N) is 1. The van der Waals surface area contributed by atoms with Gasteiger partial charge in [-0.25, -0.2) is 4.57 Å². The number of nitrogens with zero attached hydrogens (tertiary/aromatic N) is 2. The van der Waals surface area contributed by atoms with Crippen molar-refractivity contribution < 1.29 is 36.2 Å². The van der Waals surface area contributed by atoms with Crippen LogP contribution in [0.4, 0.5) is 5.69 Å². The minimum Gasteiger partial charge on any atom is -1.00 e. The molecule has 0 saturated carbocycles. The quantitative estimate of drug-likeness (QED) is 0.311. The van der Waals surface area contributed by atoms with Crippen LogP contribution in [0.1, 0.15) is 26.3 Å². The molecule has 27 heavy (non-hydrogen) atoms. The largest absolute Gasteiger partial charge is 1.00 e. The number of halogens is 1. The van der Waals surface area contributed by atoms with Gasteiger partial charge in [0.1, 0.15) is 6.61 Å². The Morgan fingerprint density at radius 1 is 1.00 bits per heavy atom. The lowest BCUT2D eigenvalue weighted by Crippen LogP contribution is -3.00. The summed E-state index contributed by atoms with van der Waals surface area (Å²) < 4.78 is 1.88. The second-order valence-electron chi connectivity index (χ2n) is 5.99. The Balaban J connectivity index is 0.00000210. The number of rotatable bonds is 4. The van der Waals surface area contributed by atoms with Gasteiger partial charge in [-0.15, -0.1) is 0 Å². The van der Waals surface area contributed by atoms with Crippen LogP contribution in [-0.2, 0) is 6.54 Å². The van der Waals surface area contributed by atoms with Gasteiger partial charge in [0.05, 0.1) is 5.69 Å². The minimum absolute atomic E-state index is 0. The Bertz CT molecular complexity index is 1040. The lowest BCUT2D eigenvalue weighted by molar-refractivity contribution is -0.698. The molecule has 0 fully saturated rings. The van der Waals surface area contributed by atoms with Crippen molar-refractivity contribution in [2.24, 2.45) is 4.99 Å².